The Morgan fingerprint density at radius 1 is 1.26 bits per heavy atom. The number of nitrogens with two attached hydrogens (primary N) is 1. The number of nitrogens with zero attached hydrogens (tertiary/aromatic N) is 2. The predicted molar refractivity (Wildman–Crippen MR) is 75.3 cm³/mol. The summed E-state index contributed by atoms with van der Waals surface area (Å²) >= 11 is 0. The van der Waals surface area contributed by atoms with E-state index in [2.05, 4.69) is 23.4 Å². The fraction of sp³-hybridized carbons (Fsp3) is 0.533. The molecular formula is C15H20FN3. The highest BCUT2D eigenvalue weighted by Gasteiger charge is 2.27. The van der Waals surface area contributed by atoms with E-state index in [0.717, 1.165) is 24.3 Å². The van der Waals surface area contributed by atoms with Crippen molar-refractivity contribution in [2.24, 2.45) is 11.8 Å². The molecule has 0 spiro atoms. The third kappa shape index (κ3) is 2.09. The Labute approximate surface area is 112 Å². The summed E-state index contributed by atoms with van der Waals surface area (Å²) in [7, 11) is 0. The van der Waals surface area contributed by atoms with Gasteiger partial charge in [-0.2, -0.15) is 0 Å². The van der Waals surface area contributed by atoms with Crippen molar-refractivity contribution in [3.63, 3.8) is 0 Å². The van der Waals surface area contributed by atoms with E-state index in [4.69, 9.17) is 5.73 Å². The first-order chi connectivity index (χ1) is 9.06. The molecule has 1 aromatic heterocycles. The van der Waals surface area contributed by atoms with Crippen molar-refractivity contribution in [3.8, 4) is 0 Å². The number of imidazole rings is 1. The second kappa shape index (κ2) is 4.51. The summed E-state index contributed by atoms with van der Waals surface area (Å²) in [5.41, 5.74) is 7.65. The van der Waals surface area contributed by atoms with Crippen LogP contribution in [0.3, 0.4) is 0 Å². The van der Waals surface area contributed by atoms with Crippen LogP contribution in [0, 0.1) is 17.7 Å². The predicted octanol–water partition coefficient (Wildman–Crippen LogP) is 3.75. The van der Waals surface area contributed by atoms with E-state index < -0.39 is 0 Å². The van der Waals surface area contributed by atoms with E-state index in [1.54, 1.807) is 6.07 Å². The molecule has 1 saturated carbocycles. The molecule has 4 heteroatoms. The Morgan fingerprint density at radius 3 is 2.79 bits per heavy atom. The van der Waals surface area contributed by atoms with Crippen LogP contribution in [0.5, 0.6) is 0 Å². The number of rotatable bonds is 1. The van der Waals surface area contributed by atoms with Gasteiger partial charge in [0, 0.05) is 12.1 Å². The molecule has 0 aliphatic heterocycles. The molecule has 2 aromatic rings. The highest BCUT2D eigenvalue weighted by Crippen LogP contribution is 2.38. The standard InChI is InChI=1S/C15H20FN3/c1-9-3-5-12(7-10(9)2)19-14-6-4-11(16)8-13(14)18-15(19)17/h4,6,8-10,12H,3,5,7H2,1-2H3,(H2,17,18). The Bertz CT molecular complexity index is 605. The Kier molecular flexibility index (Phi) is 2.96. The van der Waals surface area contributed by atoms with Crippen LogP contribution in [0.25, 0.3) is 11.0 Å². The van der Waals surface area contributed by atoms with E-state index in [0.29, 0.717) is 23.4 Å². The molecular weight excluding hydrogens is 241 g/mol. The molecule has 102 valence electrons. The summed E-state index contributed by atoms with van der Waals surface area (Å²) in [6.45, 7) is 4.61. The molecule has 19 heavy (non-hydrogen) atoms. The third-order valence-electron chi connectivity index (χ3n) is 4.61. The summed E-state index contributed by atoms with van der Waals surface area (Å²) in [4.78, 5) is 4.29. The largest absolute Gasteiger partial charge is 0.369 e. The maximum Gasteiger partial charge on any atom is 0.201 e. The van der Waals surface area contributed by atoms with E-state index in [9.17, 15) is 4.39 Å². The Hall–Kier alpha value is -1.58. The molecule has 1 aliphatic rings. The molecule has 1 heterocycles. The first-order valence-corrected chi connectivity index (χ1v) is 6.99. The monoisotopic (exact) mass is 261 g/mol. The SMILES string of the molecule is CC1CCC(n2c(N)nc3cc(F)ccc32)CC1C. The van der Waals surface area contributed by atoms with Gasteiger partial charge in [-0.25, -0.2) is 9.37 Å². The van der Waals surface area contributed by atoms with Gasteiger partial charge in [0.05, 0.1) is 11.0 Å². The number of nitrogen functional groups attached to an aromatic ring is 1. The Balaban J connectivity index is 2.03. The molecule has 2 N–H and O–H groups in total. The normalized spacial score (nSPS) is 27.8. The van der Waals surface area contributed by atoms with E-state index in [-0.39, 0.29) is 5.82 Å². The molecule has 3 rings (SSSR count). The minimum atomic E-state index is -0.261. The van der Waals surface area contributed by atoms with Crippen molar-refractivity contribution >= 4 is 17.0 Å². The lowest BCUT2D eigenvalue weighted by molar-refractivity contribution is 0.215. The molecule has 0 radical (unpaired) electrons. The number of anilines is 1. The Morgan fingerprint density at radius 2 is 2.05 bits per heavy atom. The van der Waals surface area contributed by atoms with Gasteiger partial charge in [-0.15, -0.1) is 0 Å². The van der Waals surface area contributed by atoms with Crippen LogP contribution >= 0.6 is 0 Å². The lowest BCUT2D eigenvalue weighted by Crippen LogP contribution is -2.24. The zero-order valence-electron chi connectivity index (χ0n) is 11.4. The lowest BCUT2D eigenvalue weighted by atomic mass is 9.79. The van der Waals surface area contributed by atoms with Crippen LogP contribution in [0.4, 0.5) is 10.3 Å². The first-order valence-electron chi connectivity index (χ1n) is 6.99. The zero-order valence-corrected chi connectivity index (χ0v) is 11.4. The van der Waals surface area contributed by atoms with Gasteiger partial charge in [-0.05, 0) is 43.2 Å². The molecule has 3 atom stereocenters. The fourth-order valence-electron chi connectivity index (χ4n) is 3.23. The summed E-state index contributed by atoms with van der Waals surface area (Å²) in [6, 6.07) is 5.12. The molecule has 0 amide bonds. The highest BCUT2D eigenvalue weighted by atomic mass is 19.1. The van der Waals surface area contributed by atoms with Gasteiger partial charge in [0.25, 0.3) is 0 Å². The smallest absolute Gasteiger partial charge is 0.201 e. The van der Waals surface area contributed by atoms with Crippen LogP contribution in [0.2, 0.25) is 0 Å². The molecule has 1 aromatic carbocycles. The lowest BCUT2D eigenvalue weighted by Gasteiger charge is -2.33. The summed E-state index contributed by atoms with van der Waals surface area (Å²) in [6.07, 6.45) is 3.46. The minimum Gasteiger partial charge on any atom is -0.369 e. The first kappa shape index (κ1) is 12.5. The molecule has 0 bridgehead atoms. The number of fused-ring (bicyclic) bond motifs is 1. The minimum absolute atomic E-state index is 0.261. The third-order valence-corrected chi connectivity index (χ3v) is 4.61. The molecule has 3 unspecified atom stereocenters. The average molecular weight is 261 g/mol. The molecule has 0 saturated heterocycles. The van der Waals surface area contributed by atoms with Crippen LogP contribution in [0.15, 0.2) is 18.2 Å². The van der Waals surface area contributed by atoms with E-state index >= 15 is 0 Å². The van der Waals surface area contributed by atoms with Gasteiger partial charge >= 0.3 is 0 Å². The fourth-order valence-corrected chi connectivity index (χ4v) is 3.23. The van der Waals surface area contributed by atoms with Crippen molar-refractivity contribution in [1.29, 1.82) is 0 Å². The number of hydrogen-bond acceptors (Lipinski definition) is 2. The quantitative estimate of drug-likeness (QED) is 0.849. The maximum absolute atomic E-state index is 13.2. The van der Waals surface area contributed by atoms with E-state index in [1.807, 2.05) is 0 Å². The molecule has 3 nitrogen and oxygen atoms in total. The second-order valence-corrected chi connectivity index (χ2v) is 5.89. The van der Waals surface area contributed by atoms with Gasteiger partial charge in [0.2, 0.25) is 5.95 Å². The summed E-state index contributed by atoms with van der Waals surface area (Å²) in [5, 5.41) is 0. The van der Waals surface area contributed by atoms with Crippen molar-refractivity contribution in [1.82, 2.24) is 9.55 Å². The van der Waals surface area contributed by atoms with Gasteiger partial charge in [-0.1, -0.05) is 13.8 Å². The van der Waals surface area contributed by atoms with Gasteiger partial charge in [0.15, 0.2) is 0 Å². The van der Waals surface area contributed by atoms with Gasteiger partial charge in [0.1, 0.15) is 5.82 Å². The van der Waals surface area contributed by atoms with Crippen molar-refractivity contribution in [3.05, 3.63) is 24.0 Å². The molecule has 1 fully saturated rings. The number of hydrogen-bond donors (Lipinski definition) is 1. The molecule has 1 aliphatic carbocycles. The van der Waals surface area contributed by atoms with Gasteiger partial charge in [-0.3, -0.25) is 0 Å². The van der Waals surface area contributed by atoms with E-state index in [1.165, 1.54) is 18.6 Å². The highest BCUT2D eigenvalue weighted by molar-refractivity contribution is 5.78. The van der Waals surface area contributed by atoms with Crippen LogP contribution < -0.4 is 5.73 Å². The second-order valence-electron chi connectivity index (χ2n) is 5.89. The van der Waals surface area contributed by atoms with Crippen molar-refractivity contribution in [2.45, 2.75) is 39.2 Å². The topological polar surface area (TPSA) is 43.8 Å². The zero-order chi connectivity index (χ0) is 13.6. The van der Waals surface area contributed by atoms with Crippen LogP contribution in [-0.2, 0) is 0 Å². The van der Waals surface area contributed by atoms with Crippen LogP contribution in [0.1, 0.15) is 39.2 Å². The summed E-state index contributed by atoms with van der Waals surface area (Å²) in [5.74, 6) is 1.70. The number of halogens is 1. The summed E-state index contributed by atoms with van der Waals surface area (Å²) < 4.78 is 15.3. The van der Waals surface area contributed by atoms with Gasteiger partial charge < -0.3 is 10.3 Å². The van der Waals surface area contributed by atoms with Crippen molar-refractivity contribution in [2.75, 3.05) is 5.73 Å². The van der Waals surface area contributed by atoms with Crippen LogP contribution in [-0.4, -0.2) is 9.55 Å². The number of aromatic nitrogens is 2. The average Bonchev–Trinajstić information content (AvgIpc) is 2.68. The van der Waals surface area contributed by atoms with Crippen molar-refractivity contribution < 1.29 is 4.39 Å². The number of benzene rings is 1. The maximum atomic E-state index is 13.2.